The van der Waals surface area contributed by atoms with Crippen molar-refractivity contribution in [2.45, 2.75) is 37.6 Å². The van der Waals surface area contributed by atoms with Gasteiger partial charge in [0.05, 0.1) is 0 Å². The van der Waals surface area contributed by atoms with Gasteiger partial charge in [-0.1, -0.05) is 30.3 Å². The third-order valence-electron chi connectivity index (χ3n) is 3.59. The van der Waals surface area contributed by atoms with Gasteiger partial charge in [-0.05, 0) is 44.2 Å². The highest BCUT2D eigenvalue weighted by molar-refractivity contribution is 5.79. The Labute approximate surface area is 102 Å². The maximum atomic E-state index is 11.4. The Bertz CT molecular complexity index is 369. The lowest BCUT2D eigenvalue weighted by Gasteiger charge is -2.34. The monoisotopic (exact) mass is 233 g/mol. The molecule has 2 rings (SSSR count). The van der Waals surface area contributed by atoms with E-state index >= 15 is 0 Å². The van der Waals surface area contributed by atoms with Crippen LogP contribution in [0.15, 0.2) is 30.3 Å². The molecule has 1 aromatic rings. The standard InChI is InChI=1S/C14H19NO2/c16-13(17)14(9-4-5-11-15-14)10-8-12-6-2-1-3-7-12/h1-3,6-7,15H,4-5,8-11H2,(H,16,17). The molecule has 1 unspecified atom stereocenters. The molecule has 0 bridgehead atoms. The minimum absolute atomic E-state index is 0.673. The van der Waals surface area contributed by atoms with Crippen LogP contribution >= 0.6 is 0 Å². The quantitative estimate of drug-likeness (QED) is 0.838. The van der Waals surface area contributed by atoms with Crippen LogP contribution in [-0.2, 0) is 11.2 Å². The first-order chi connectivity index (χ1) is 8.23. The van der Waals surface area contributed by atoms with Gasteiger partial charge < -0.3 is 10.4 Å². The van der Waals surface area contributed by atoms with Crippen molar-refractivity contribution in [3.8, 4) is 0 Å². The molecule has 1 saturated heterocycles. The molecule has 0 amide bonds. The number of aryl methyl sites for hydroxylation is 1. The second kappa shape index (κ2) is 5.32. The number of rotatable bonds is 4. The third-order valence-corrected chi connectivity index (χ3v) is 3.59. The van der Waals surface area contributed by atoms with Crippen molar-refractivity contribution in [1.29, 1.82) is 0 Å². The number of aliphatic carboxylic acids is 1. The van der Waals surface area contributed by atoms with Crippen molar-refractivity contribution in [2.75, 3.05) is 6.54 Å². The van der Waals surface area contributed by atoms with Gasteiger partial charge in [0.2, 0.25) is 0 Å². The van der Waals surface area contributed by atoms with Crippen LogP contribution < -0.4 is 5.32 Å². The molecule has 0 saturated carbocycles. The number of benzene rings is 1. The van der Waals surface area contributed by atoms with E-state index in [1.807, 2.05) is 18.2 Å². The van der Waals surface area contributed by atoms with Crippen LogP contribution in [0.25, 0.3) is 0 Å². The van der Waals surface area contributed by atoms with Crippen molar-refractivity contribution in [2.24, 2.45) is 0 Å². The lowest BCUT2D eigenvalue weighted by Crippen LogP contribution is -2.54. The third kappa shape index (κ3) is 2.86. The van der Waals surface area contributed by atoms with Gasteiger partial charge in [-0.25, -0.2) is 0 Å². The Balaban J connectivity index is 2.01. The lowest BCUT2D eigenvalue weighted by atomic mass is 9.83. The van der Waals surface area contributed by atoms with Crippen molar-refractivity contribution in [1.82, 2.24) is 5.32 Å². The van der Waals surface area contributed by atoms with Gasteiger partial charge >= 0.3 is 5.97 Å². The highest BCUT2D eigenvalue weighted by atomic mass is 16.4. The summed E-state index contributed by atoms with van der Waals surface area (Å²) in [6, 6.07) is 10.1. The molecular weight excluding hydrogens is 214 g/mol. The summed E-state index contributed by atoms with van der Waals surface area (Å²) in [5.74, 6) is -0.701. The second-order valence-corrected chi connectivity index (χ2v) is 4.76. The van der Waals surface area contributed by atoms with Gasteiger partial charge in [0.25, 0.3) is 0 Å². The Morgan fingerprint density at radius 1 is 1.29 bits per heavy atom. The van der Waals surface area contributed by atoms with Crippen LogP contribution in [0.1, 0.15) is 31.2 Å². The number of nitrogens with one attached hydrogen (secondary N) is 1. The van der Waals surface area contributed by atoms with Crippen molar-refractivity contribution >= 4 is 5.97 Å². The summed E-state index contributed by atoms with van der Waals surface area (Å²) in [4.78, 5) is 11.4. The summed E-state index contributed by atoms with van der Waals surface area (Å²) in [5, 5.41) is 12.6. The van der Waals surface area contributed by atoms with Crippen LogP contribution in [0.5, 0.6) is 0 Å². The SMILES string of the molecule is O=C(O)C1(CCc2ccccc2)CCCCN1. The van der Waals surface area contributed by atoms with E-state index in [0.717, 1.165) is 32.2 Å². The number of carboxylic acid groups (broad SMARTS) is 1. The molecule has 1 aliphatic rings. The lowest BCUT2D eigenvalue weighted by molar-refractivity contribution is -0.146. The maximum Gasteiger partial charge on any atom is 0.323 e. The van der Waals surface area contributed by atoms with E-state index in [1.54, 1.807) is 0 Å². The fourth-order valence-corrected chi connectivity index (χ4v) is 2.47. The van der Waals surface area contributed by atoms with Crippen LogP contribution in [0.3, 0.4) is 0 Å². The molecule has 1 atom stereocenters. The zero-order valence-electron chi connectivity index (χ0n) is 9.98. The Morgan fingerprint density at radius 3 is 2.65 bits per heavy atom. The topological polar surface area (TPSA) is 49.3 Å². The summed E-state index contributed by atoms with van der Waals surface area (Å²) < 4.78 is 0. The molecule has 1 fully saturated rings. The molecular formula is C14H19NO2. The van der Waals surface area contributed by atoms with E-state index < -0.39 is 11.5 Å². The summed E-state index contributed by atoms with van der Waals surface area (Å²) in [6.45, 7) is 0.821. The molecule has 92 valence electrons. The van der Waals surface area contributed by atoms with Crippen LogP contribution in [0.4, 0.5) is 0 Å². The number of hydrogen-bond acceptors (Lipinski definition) is 2. The molecule has 3 heteroatoms. The minimum atomic E-state index is -0.701. The van der Waals surface area contributed by atoms with Gasteiger partial charge in [0.15, 0.2) is 0 Å². The summed E-state index contributed by atoms with van der Waals surface area (Å²) >= 11 is 0. The first kappa shape index (κ1) is 12.1. The molecule has 0 spiro atoms. The summed E-state index contributed by atoms with van der Waals surface area (Å²) in [6.07, 6.45) is 4.33. The largest absolute Gasteiger partial charge is 0.480 e. The van der Waals surface area contributed by atoms with Gasteiger partial charge in [0, 0.05) is 0 Å². The fourth-order valence-electron chi connectivity index (χ4n) is 2.47. The number of piperidine rings is 1. The fraction of sp³-hybridized carbons (Fsp3) is 0.500. The minimum Gasteiger partial charge on any atom is -0.480 e. The molecule has 1 heterocycles. The number of carbonyl (C=O) groups is 1. The summed E-state index contributed by atoms with van der Waals surface area (Å²) in [7, 11) is 0. The van der Waals surface area contributed by atoms with E-state index in [-0.39, 0.29) is 0 Å². The van der Waals surface area contributed by atoms with Gasteiger partial charge in [-0.3, -0.25) is 4.79 Å². The average molecular weight is 233 g/mol. The zero-order valence-corrected chi connectivity index (χ0v) is 9.98. The highest BCUT2D eigenvalue weighted by Gasteiger charge is 2.38. The van der Waals surface area contributed by atoms with Crippen molar-refractivity contribution in [3.63, 3.8) is 0 Å². The zero-order chi connectivity index (χ0) is 12.1. The molecule has 17 heavy (non-hydrogen) atoms. The molecule has 0 aromatic heterocycles. The first-order valence-electron chi connectivity index (χ1n) is 6.25. The Hall–Kier alpha value is -1.35. The molecule has 0 aliphatic carbocycles. The molecule has 1 aromatic carbocycles. The normalized spacial score (nSPS) is 24.5. The van der Waals surface area contributed by atoms with Crippen molar-refractivity contribution in [3.05, 3.63) is 35.9 Å². The predicted octanol–water partition coefficient (Wildman–Crippen LogP) is 2.22. The molecule has 2 N–H and O–H groups in total. The van der Waals surface area contributed by atoms with E-state index in [2.05, 4.69) is 17.4 Å². The second-order valence-electron chi connectivity index (χ2n) is 4.76. The predicted molar refractivity (Wildman–Crippen MR) is 67.0 cm³/mol. The van der Waals surface area contributed by atoms with Gasteiger partial charge in [0.1, 0.15) is 5.54 Å². The van der Waals surface area contributed by atoms with Crippen LogP contribution in [0, 0.1) is 0 Å². The number of carboxylic acids is 1. The molecule has 3 nitrogen and oxygen atoms in total. The van der Waals surface area contributed by atoms with Gasteiger partial charge in [-0.2, -0.15) is 0 Å². The molecule has 0 radical (unpaired) electrons. The Kier molecular flexibility index (Phi) is 3.79. The first-order valence-corrected chi connectivity index (χ1v) is 6.25. The highest BCUT2D eigenvalue weighted by Crippen LogP contribution is 2.25. The Morgan fingerprint density at radius 2 is 2.06 bits per heavy atom. The van der Waals surface area contributed by atoms with Crippen molar-refractivity contribution < 1.29 is 9.90 Å². The van der Waals surface area contributed by atoms with E-state index in [4.69, 9.17) is 0 Å². The van der Waals surface area contributed by atoms with Gasteiger partial charge in [-0.15, -0.1) is 0 Å². The smallest absolute Gasteiger partial charge is 0.323 e. The number of hydrogen-bond donors (Lipinski definition) is 2. The van der Waals surface area contributed by atoms with E-state index in [1.165, 1.54) is 5.56 Å². The average Bonchev–Trinajstić information content (AvgIpc) is 2.38. The van der Waals surface area contributed by atoms with E-state index in [9.17, 15) is 9.90 Å². The van der Waals surface area contributed by atoms with Crippen LogP contribution in [-0.4, -0.2) is 23.2 Å². The maximum absolute atomic E-state index is 11.4. The summed E-state index contributed by atoms with van der Waals surface area (Å²) in [5.41, 5.74) is 0.508. The van der Waals surface area contributed by atoms with Crippen LogP contribution in [0.2, 0.25) is 0 Å². The molecule has 1 aliphatic heterocycles. The van der Waals surface area contributed by atoms with E-state index in [0.29, 0.717) is 6.42 Å².